The zero-order valence-corrected chi connectivity index (χ0v) is 7.65. The van der Waals surface area contributed by atoms with Gasteiger partial charge in [-0.2, -0.15) is 5.10 Å². The van der Waals surface area contributed by atoms with Gasteiger partial charge in [-0.25, -0.2) is 9.50 Å². The molecule has 0 aliphatic carbocycles. The van der Waals surface area contributed by atoms with Crippen molar-refractivity contribution in [3.63, 3.8) is 0 Å². The number of hydrogen-bond donors (Lipinski definition) is 0. The monoisotopic (exact) mass is 147 g/mol. The standard InChI is InChI=1S/C6H4N3.Al.2H/c1-2-6-7-4-5-9(6)8-3-1;;;/h2-5H;;;. The van der Waals surface area contributed by atoms with Gasteiger partial charge in [0.15, 0.2) is 5.65 Å². The fraction of sp³-hybridized carbons (Fsp3) is 0. The predicted octanol–water partition coefficient (Wildman–Crippen LogP) is -1.01. The number of rotatable bonds is 0. The van der Waals surface area contributed by atoms with Crippen LogP contribution >= 0.6 is 0 Å². The van der Waals surface area contributed by atoms with Gasteiger partial charge in [0, 0.05) is 18.6 Å². The molecule has 2 aromatic rings. The molecule has 0 unspecified atom stereocenters. The Hall–Kier alpha value is -0.848. The average molecular weight is 147 g/mol. The second kappa shape index (κ2) is 2.08. The van der Waals surface area contributed by atoms with Crippen LogP contribution in [-0.2, 0) is 0 Å². The first kappa shape index (κ1) is 5.90. The molecule has 48 valence electrons. The lowest BCUT2D eigenvalue weighted by Gasteiger charge is -1.91. The van der Waals surface area contributed by atoms with E-state index in [0.717, 1.165) is 21.9 Å². The molecule has 0 aliphatic rings. The summed E-state index contributed by atoms with van der Waals surface area (Å²) in [6.45, 7) is 0. The van der Waals surface area contributed by atoms with Crippen molar-refractivity contribution in [1.82, 2.24) is 14.6 Å². The van der Waals surface area contributed by atoms with Crippen LogP contribution in [0.4, 0.5) is 0 Å². The van der Waals surface area contributed by atoms with Gasteiger partial charge in [-0.05, 0) is 6.07 Å². The molecule has 10 heavy (non-hydrogen) atoms. The van der Waals surface area contributed by atoms with E-state index in [1.54, 1.807) is 10.7 Å². The van der Waals surface area contributed by atoms with E-state index in [0.29, 0.717) is 0 Å². The van der Waals surface area contributed by atoms with Crippen LogP contribution in [0.2, 0.25) is 0 Å². The number of imidazole rings is 1. The van der Waals surface area contributed by atoms with E-state index in [4.69, 9.17) is 0 Å². The van der Waals surface area contributed by atoms with Gasteiger partial charge in [-0.1, -0.05) is 4.43 Å². The van der Waals surface area contributed by atoms with E-state index in [9.17, 15) is 0 Å². The number of aromatic nitrogens is 3. The highest BCUT2D eigenvalue weighted by Crippen LogP contribution is 1.91. The molecule has 4 heteroatoms. The van der Waals surface area contributed by atoms with Gasteiger partial charge in [0.2, 0.25) is 0 Å². The molecule has 0 atom stereocenters. The van der Waals surface area contributed by atoms with Crippen LogP contribution in [0.15, 0.2) is 24.7 Å². The first-order chi connectivity index (χ1) is 4.86. The third-order valence-electron chi connectivity index (χ3n) is 1.39. The van der Waals surface area contributed by atoms with Gasteiger partial charge in [0.05, 0.1) is 0 Å². The molecule has 0 bridgehead atoms. The highest BCUT2D eigenvalue weighted by Gasteiger charge is 1.91. The number of nitrogens with zero attached hydrogens (tertiary/aromatic N) is 3. The molecule has 0 spiro atoms. The summed E-state index contributed by atoms with van der Waals surface area (Å²) in [5.74, 6) is 0. The second-order valence-electron chi connectivity index (χ2n) is 2.26. The highest BCUT2D eigenvalue weighted by molar-refractivity contribution is 6.32. The summed E-state index contributed by atoms with van der Waals surface area (Å²) in [6.07, 6.45) is 5.47. The third kappa shape index (κ3) is 0.822. The summed E-state index contributed by atoms with van der Waals surface area (Å²) in [5.41, 5.74) is 0.938. The molecular formula is C6H6AlN3. The maximum atomic E-state index is 4.13. The summed E-state index contributed by atoms with van der Waals surface area (Å²) in [5, 5.41) is 4.13. The minimum absolute atomic E-state index is 0.938. The van der Waals surface area contributed by atoms with Crippen LogP contribution in [0.25, 0.3) is 5.65 Å². The molecule has 0 saturated carbocycles. The van der Waals surface area contributed by atoms with E-state index in [1.165, 1.54) is 4.43 Å². The van der Waals surface area contributed by atoms with Gasteiger partial charge >= 0.3 is 0 Å². The molecular weight excluding hydrogens is 141 g/mol. The van der Waals surface area contributed by atoms with Gasteiger partial charge in [0.25, 0.3) is 16.3 Å². The van der Waals surface area contributed by atoms with Crippen molar-refractivity contribution in [1.29, 1.82) is 0 Å². The van der Waals surface area contributed by atoms with Crippen molar-refractivity contribution in [2.75, 3.05) is 0 Å². The van der Waals surface area contributed by atoms with Crippen molar-refractivity contribution >= 4 is 26.4 Å². The highest BCUT2D eigenvalue weighted by atomic mass is 27.0. The number of fused-ring (bicyclic) bond motifs is 1. The first-order valence-corrected chi connectivity index (χ1v) is 4.12. The molecule has 2 aromatic heterocycles. The van der Waals surface area contributed by atoms with Gasteiger partial charge < -0.3 is 0 Å². The van der Waals surface area contributed by atoms with Crippen molar-refractivity contribution < 1.29 is 0 Å². The Labute approximate surface area is 66.1 Å². The summed E-state index contributed by atoms with van der Waals surface area (Å²) in [6, 6.07) is 2.05. The first-order valence-electron chi connectivity index (χ1n) is 3.12. The van der Waals surface area contributed by atoms with E-state index in [2.05, 4.69) is 16.1 Å². The smallest absolute Gasteiger partial charge is 0.236 e. The fourth-order valence-electron chi connectivity index (χ4n) is 0.904. The molecule has 0 fully saturated rings. The zero-order chi connectivity index (χ0) is 6.97. The maximum Gasteiger partial charge on any atom is 0.261 e. The van der Waals surface area contributed by atoms with Crippen LogP contribution < -0.4 is 4.43 Å². The molecule has 0 aliphatic heterocycles. The molecule has 3 nitrogen and oxygen atoms in total. The average Bonchev–Trinajstić information content (AvgIpc) is 2.33. The molecule has 2 heterocycles. The molecule has 0 saturated heterocycles. The summed E-state index contributed by atoms with van der Waals surface area (Å²) >= 11 is 1.04. The van der Waals surface area contributed by atoms with E-state index < -0.39 is 0 Å². The molecule has 2 rings (SSSR count). The Morgan fingerprint density at radius 2 is 2.40 bits per heavy atom. The van der Waals surface area contributed by atoms with Crippen LogP contribution in [0, 0.1) is 0 Å². The van der Waals surface area contributed by atoms with Gasteiger partial charge in [-0.15, -0.1) is 0 Å². The summed E-state index contributed by atoms with van der Waals surface area (Å²) < 4.78 is 3.04. The minimum Gasteiger partial charge on any atom is -0.236 e. The summed E-state index contributed by atoms with van der Waals surface area (Å²) in [7, 11) is 0. The van der Waals surface area contributed by atoms with Crippen LogP contribution in [-0.4, -0.2) is 30.9 Å². The van der Waals surface area contributed by atoms with Crippen molar-refractivity contribution in [3.8, 4) is 0 Å². The van der Waals surface area contributed by atoms with Gasteiger partial charge in [0.1, 0.15) is 0 Å². The number of hydrogen-bond acceptors (Lipinski definition) is 2. The van der Waals surface area contributed by atoms with Crippen molar-refractivity contribution in [2.45, 2.75) is 0 Å². The predicted molar refractivity (Wildman–Crippen MR) is 41.2 cm³/mol. The fourth-order valence-corrected chi connectivity index (χ4v) is 1.28. The molecule has 0 radical (unpaired) electrons. The Kier molecular flexibility index (Phi) is 1.23. The summed E-state index contributed by atoms with van der Waals surface area (Å²) in [4.78, 5) is 4.10. The van der Waals surface area contributed by atoms with E-state index in [1.807, 2.05) is 12.4 Å². The Balaban J connectivity index is 2.86. The van der Waals surface area contributed by atoms with Gasteiger partial charge in [-0.3, -0.25) is 0 Å². The third-order valence-corrected chi connectivity index (χ3v) is 1.94. The molecule has 0 aromatic carbocycles. The molecule has 0 N–H and O–H groups in total. The minimum atomic E-state index is 0.938. The van der Waals surface area contributed by atoms with Crippen molar-refractivity contribution in [2.24, 2.45) is 0 Å². The lowest BCUT2D eigenvalue weighted by molar-refractivity contribution is 0.941. The van der Waals surface area contributed by atoms with E-state index >= 15 is 0 Å². The molecule has 0 amide bonds. The normalized spacial score (nSPS) is 10.4. The van der Waals surface area contributed by atoms with Crippen LogP contribution in [0.5, 0.6) is 0 Å². The quantitative estimate of drug-likeness (QED) is 0.447. The second-order valence-corrected chi connectivity index (χ2v) is 3.42. The lowest BCUT2D eigenvalue weighted by atomic mass is 10.5. The maximum absolute atomic E-state index is 4.13. The Morgan fingerprint density at radius 1 is 1.50 bits per heavy atom. The Bertz CT molecular complexity index is 355. The Morgan fingerprint density at radius 3 is 3.30 bits per heavy atom. The lowest BCUT2D eigenvalue weighted by Crippen LogP contribution is -2.05. The topological polar surface area (TPSA) is 30.2 Å². The van der Waals surface area contributed by atoms with Crippen LogP contribution in [0.1, 0.15) is 0 Å². The van der Waals surface area contributed by atoms with Crippen molar-refractivity contribution in [3.05, 3.63) is 24.7 Å². The SMILES string of the molecule is [AlH2][c]1cnn2ccnc2c1. The van der Waals surface area contributed by atoms with E-state index in [-0.39, 0.29) is 0 Å². The zero-order valence-electron chi connectivity index (χ0n) is 5.65. The largest absolute Gasteiger partial charge is 0.261 e. The van der Waals surface area contributed by atoms with Crippen LogP contribution in [0.3, 0.4) is 0 Å².